The van der Waals surface area contributed by atoms with E-state index in [1.165, 1.54) is 23.9 Å². The van der Waals surface area contributed by atoms with Crippen molar-refractivity contribution in [1.29, 1.82) is 5.41 Å². The quantitative estimate of drug-likeness (QED) is 0.667. The molecule has 1 aromatic carbocycles. The molecule has 0 radical (unpaired) electrons. The summed E-state index contributed by atoms with van der Waals surface area (Å²) in [6.45, 7) is 3.73. The van der Waals surface area contributed by atoms with Crippen LogP contribution in [0.25, 0.3) is 0 Å². The van der Waals surface area contributed by atoms with Gasteiger partial charge >= 0.3 is 0 Å². The van der Waals surface area contributed by atoms with Crippen LogP contribution in [0.3, 0.4) is 0 Å². The molecule has 0 fully saturated rings. The Kier molecular flexibility index (Phi) is 3.85. The number of hydrogen-bond donors (Lipinski definition) is 2. The lowest BCUT2D eigenvalue weighted by atomic mass is 10.1. The van der Waals surface area contributed by atoms with Crippen LogP contribution in [0.1, 0.15) is 17.0 Å². The van der Waals surface area contributed by atoms with Gasteiger partial charge in [0.1, 0.15) is 11.7 Å². The fourth-order valence-electron chi connectivity index (χ4n) is 1.83. The van der Waals surface area contributed by atoms with Gasteiger partial charge in [0.15, 0.2) is 0 Å². The van der Waals surface area contributed by atoms with Crippen LogP contribution in [0, 0.1) is 25.1 Å². The van der Waals surface area contributed by atoms with E-state index in [1.807, 2.05) is 19.9 Å². The molecule has 0 aliphatic carbocycles. The summed E-state index contributed by atoms with van der Waals surface area (Å²) in [7, 11) is 0. The van der Waals surface area contributed by atoms with Crippen LogP contribution in [0.15, 0.2) is 40.1 Å². The third-order valence-electron chi connectivity index (χ3n) is 2.60. The van der Waals surface area contributed by atoms with E-state index in [1.54, 1.807) is 12.1 Å². The smallest absolute Gasteiger partial charge is 0.125 e. The highest BCUT2D eigenvalue weighted by molar-refractivity contribution is 7.99. The number of nitrogens with zero attached hydrogens (tertiary/aromatic N) is 1. The van der Waals surface area contributed by atoms with Crippen molar-refractivity contribution in [2.75, 3.05) is 0 Å². The predicted molar refractivity (Wildman–Crippen MR) is 75.3 cm³/mol. The van der Waals surface area contributed by atoms with Crippen LogP contribution in [-0.4, -0.2) is 10.8 Å². The van der Waals surface area contributed by atoms with E-state index in [2.05, 4.69) is 4.98 Å². The first-order valence-corrected chi connectivity index (χ1v) is 6.55. The summed E-state index contributed by atoms with van der Waals surface area (Å²) in [6.07, 6.45) is 0. The van der Waals surface area contributed by atoms with E-state index in [9.17, 15) is 4.39 Å². The summed E-state index contributed by atoms with van der Waals surface area (Å²) < 4.78 is 12.9. The van der Waals surface area contributed by atoms with Crippen molar-refractivity contribution in [3.05, 3.63) is 53.1 Å². The Hall–Kier alpha value is -1.88. The summed E-state index contributed by atoms with van der Waals surface area (Å²) >= 11 is 1.45. The molecule has 19 heavy (non-hydrogen) atoms. The van der Waals surface area contributed by atoms with Crippen molar-refractivity contribution in [3.8, 4) is 0 Å². The number of rotatable bonds is 3. The largest absolute Gasteiger partial charge is 0.384 e. The molecule has 0 saturated heterocycles. The second kappa shape index (κ2) is 5.40. The van der Waals surface area contributed by atoms with Crippen LogP contribution in [0.2, 0.25) is 0 Å². The summed E-state index contributed by atoms with van der Waals surface area (Å²) in [5.74, 6) is -0.271. The predicted octanol–water partition coefficient (Wildman–Crippen LogP) is 3.27. The summed E-state index contributed by atoms with van der Waals surface area (Å²) in [5, 5.41) is 7.65. The zero-order valence-electron chi connectivity index (χ0n) is 10.7. The van der Waals surface area contributed by atoms with Crippen molar-refractivity contribution in [2.45, 2.75) is 23.6 Å². The summed E-state index contributed by atoms with van der Waals surface area (Å²) in [4.78, 5) is 6.08. The van der Waals surface area contributed by atoms with Gasteiger partial charge in [0.25, 0.3) is 0 Å². The van der Waals surface area contributed by atoms with Gasteiger partial charge in [-0.3, -0.25) is 10.4 Å². The lowest BCUT2D eigenvalue weighted by molar-refractivity contribution is 0.626. The molecule has 3 nitrogen and oxygen atoms in total. The van der Waals surface area contributed by atoms with E-state index in [-0.39, 0.29) is 11.7 Å². The first-order valence-electron chi connectivity index (χ1n) is 5.73. The number of halogens is 1. The molecule has 0 atom stereocenters. The fraction of sp³-hybridized carbons (Fsp3) is 0.143. The molecule has 5 heteroatoms. The van der Waals surface area contributed by atoms with Crippen LogP contribution in [0.4, 0.5) is 4.39 Å². The summed E-state index contributed by atoms with van der Waals surface area (Å²) in [6, 6.07) is 8.12. The van der Waals surface area contributed by atoms with Gasteiger partial charge in [-0.2, -0.15) is 0 Å². The van der Waals surface area contributed by atoms with Crippen molar-refractivity contribution in [1.82, 2.24) is 4.98 Å². The average molecular weight is 275 g/mol. The Labute approximate surface area is 115 Å². The lowest BCUT2D eigenvalue weighted by Crippen LogP contribution is -2.15. The number of nitrogen functional groups attached to an aromatic ring is 1. The SMILES string of the molecule is Cc1cc(Sc2ccc(F)cc2)c(C(=N)N)c(C)n1. The normalized spacial score (nSPS) is 10.5. The Morgan fingerprint density at radius 1 is 1.26 bits per heavy atom. The maximum absolute atomic E-state index is 12.9. The first kappa shape index (κ1) is 13.5. The van der Waals surface area contributed by atoms with Crippen LogP contribution in [-0.2, 0) is 0 Å². The number of benzene rings is 1. The number of nitrogens with one attached hydrogen (secondary N) is 1. The number of pyridine rings is 1. The van der Waals surface area contributed by atoms with Crippen molar-refractivity contribution in [2.24, 2.45) is 5.73 Å². The second-order valence-corrected chi connectivity index (χ2v) is 5.31. The minimum absolute atomic E-state index is 0.00499. The molecule has 2 aromatic rings. The zero-order chi connectivity index (χ0) is 14.0. The van der Waals surface area contributed by atoms with Gasteiger partial charge < -0.3 is 5.73 Å². The Morgan fingerprint density at radius 3 is 2.47 bits per heavy atom. The number of amidine groups is 1. The summed E-state index contributed by atoms with van der Waals surface area (Å²) in [5.41, 5.74) is 7.85. The Bertz CT molecular complexity index is 623. The van der Waals surface area contributed by atoms with Crippen molar-refractivity contribution < 1.29 is 4.39 Å². The van der Waals surface area contributed by atoms with E-state index < -0.39 is 0 Å². The van der Waals surface area contributed by atoms with Gasteiger partial charge in [0.05, 0.1) is 5.56 Å². The highest BCUT2D eigenvalue weighted by atomic mass is 32.2. The third-order valence-corrected chi connectivity index (χ3v) is 3.65. The Balaban J connectivity index is 2.44. The van der Waals surface area contributed by atoms with Crippen LogP contribution >= 0.6 is 11.8 Å². The molecule has 0 amide bonds. The van der Waals surface area contributed by atoms with E-state index in [0.717, 1.165) is 21.2 Å². The number of aromatic nitrogens is 1. The van der Waals surface area contributed by atoms with Gasteiger partial charge in [-0.1, -0.05) is 11.8 Å². The molecule has 3 N–H and O–H groups in total. The van der Waals surface area contributed by atoms with Gasteiger partial charge in [0.2, 0.25) is 0 Å². The average Bonchev–Trinajstić information content (AvgIpc) is 2.30. The lowest BCUT2D eigenvalue weighted by Gasteiger charge is -2.11. The molecule has 0 bridgehead atoms. The molecular formula is C14H14FN3S. The molecule has 0 aliphatic heterocycles. The van der Waals surface area contributed by atoms with Gasteiger partial charge in [-0.15, -0.1) is 0 Å². The number of aryl methyl sites for hydroxylation is 2. The van der Waals surface area contributed by atoms with Gasteiger partial charge in [-0.05, 0) is 44.2 Å². The molecule has 98 valence electrons. The van der Waals surface area contributed by atoms with E-state index in [0.29, 0.717) is 5.56 Å². The highest BCUT2D eigenvalue weighted by Gasteiger charge is 2.12. The highest BCUT2D eigenvalue weighted by Crippen LogP contribution is 2.31. The number of hydrogen-bond acceptors (Lipinski definition) is 3. The van der Waals surface area contributed by atoms with E-state index in [4.69, 9.17) is 11.1 Å². The maximum Gasteiger partial charge on any atom is 0.125 e. The minimum atomic E-state index is -0.266. The van der Waals surface area contributed by atoms with Crippen molar-refractivity contribution >= 4 is 17.6 Å². The monoisotopic (exact) mass is 275 g/mol. The van der Waals surface area contributed by atoms with E-state index >= 15 is 0 Å². The van der Waals surface area contributed by atoms with Gasteiger partial charge in [-0.25, -0.2) is 4.39 Å². The third kappa shape index (κ3) is 3.12. The molecule has 0 aliphatic rings. The minimum Gasteiger partial charge on any atom is -0.384 e. The van der Waals surface area contributed by atoms with Gasteiger partial charge in [0, 0.05) is 21.2 Å². The molecule has 1 aromatic heterocycles. The molecule has 0 saturated carbocycles. The molecule has 0 unspecified atom stereocenters. The molecule has 2 rings (SSSR count). The van der Waals surface area contributed by atoms with Crippen LogP contribution < -0.4 is 5.73 Å². The molecule has 1 heterocycles. The fourth-order valence-corrected chi connectivity index (χ4v) is 2.95. The molecular weight excluding hydrogens is 261 g/mol. The van der Waals surface area contributed by atoms with Crippen molar-refractivity contribution in [3.63, 3.8) is 0 Å². The first-order chi connectivity index (χ1) is 8.97. The van der Waals surface area contributed by atoms with Crippen LogP contribution in [0.5, 0.6) is 0 Å². The molecule has 0 spiro atoms. The Morgan fingerprint density at radius 2 is 1.89 bits per heavy atom. The topological polar surface area (TPSA) is 62.8 Å². The maximum atomic E-state index is 12.9. The number of nitrogens with two attached hydrogens (primary N) is 1. The second-order valence-electron chi connectivity index (χ2n) is 4.19. The standard InChI is InChI=1S/C14H14FN3S/c1-8-7-12(13(14(16)17)9(2)18-8)19-11-5-3-10(15)4-6-11/h3-7H,1-2H3,(H3,16,17). The zero-order valence-corrected chi connectivity index (χ0v) is 11.5.